The first-order valence-electron chi connectivity index (χ1n) is 9.45. The maximum Gasteiger partial charge on any atom is 0.255 e. The van der Waals surface area contributed by atoms with Gasteiger partial charge in [0.25, 0.3) is 5.91 Å². The summed E-state index contributed by atoms with van der Waals surface area (Å²) in [6.07, 6.45) is 0.525. The molecule has 2 aliphatic heterocycles. The van der Waals surface area contributed by atoms with Crippen molar-refractivity contribution in [1.29, 1.82) is 0 Å². The molecular weight excluding hydrogens is 370 g/mol. The van der Waals surface area contributed by atoms with Gasteiger partial charge in [0.1, 0.15) is 6.04 Å². The van der Waals surface area contributed by atoms with Gasteiger partial charge >= 0.3 is 0 Å². The van der Waals surface area contributed by atoms with Crippen LogP contribution in [0.1, 0.15) is 44.7 Å². The summed E-state index contributed by atoms with van der Waals surface area (Å²) < 4.78 is 0. The van der Waals surface area contributed by atoms with Gasteiger partial charge in [0.2, 0.25) is 11.8 Å². The molecule has 1 saturated heterocycles. The quantitative estimate of drug-likeness (QED) is 0.634. The number of hydrogen-bond donors (Lipinski definition) is 1. The molecule has 29 heavy (non-hydrogen) atoms. The summed E-state index contributed by atoms with van der Waals surface area (Å²) in [6.45, 7) is 0.251. The lowest BCUT2D eigenvalue weighted by molar-refractivity contribution is -0.136. The zero-order valence-corrected chi connectivity index (χ0v) is 16.3. The summed E-state index contributed by atoms with van der Waals surface area (Å²) in [6, 6.07) is 11.7. The van der Waals surface area contributed by atoms with Gasteiger partial charge in [-0.3, -0.25) is 24.5 Å². The van der Waals surface area contributed by atoms with E-state index in [1.54, 1.807) is 30.3 Å². The smallest absolute Gasteiger partial charge is 0.255 e. The van der Waals surface area contributed by atoms with Crippen molar-refractivity contribution < 1.29 is 19.2 Å². The number of benzene rings is 2. The molecule has 4 rings (SSSR count). The van der Waals surface area contributed by atoms with Gasteiger partial charge in [-0.05, 0) is 48.4 Å². The Hall–Kier alpha value is -3.48. The van der Waals surface area contributed by atoms with Crippen LogP contribution in [0, 0.1) is 0 Å². The van der Waals surface area contributed by atoms with Crippen LogP contribution < -0.4 is 10.2 Å². The molecule has 7 nitrogen and oxygen atoms in total. The molecule has 0 spiro atoms. The number of ketones is 1. The molecule has 0 aromatic heterocycles. The number of piperidine rings is 1. The van der Waals surface area contributed by atoms with Crippen molar-refractivity contribution in [2.24, 2.45) is 0 Å². The Morgan fingerprint density at radius 2 is 1.72 bits per heavy atom. The highest BCUT2D eigenvalue weighted by atomic mass is 16.2. The number of carbonyl (C=O) groups is 4. The van der Waals surface area contributed by atoms with Crippen LogP contribution in [0.5, 0.6) is 0 Å². The van der Waals surface area contributed by atoms with Crippen molar-refractivity contribution in [2.75, 3.05) is 19.0 Å². The third-order valence-corrected chi connectivity index (χ3v) is 5.43. The molecule has 2 aromatic rings. The Morgan fingerprint density at radius 3 is 2.38 bits per heavy atom. The molecule has 1 unspecified atom stereocenters. The van der Waals surface area contributed by atoms with Crippen molar-refractivity contribution in [2.45, 2.75) is 25.4 Å². The van der Waals surface area contributed by atoms with Crippen LogP contribution in [0.15, 0.2) is 42.5 Å². The lowest BCUT2D eigenvalue weighted by Gasteiger charge is -2.29. The Labute approximate surface area is 168 Å². The first-order chi connectivity index (χ1) is 13.8. The molecule has 2 aromatic carbocycles. The Bertz CT molecular complexity index is 1030. The molecule has 0 aliphatic carbocycles. The maximum absolute atomic E-state index is 12.9. The lowest BCUT2D eigenvalue weighted by atomic mass is 9.99. The van der Waals surface area contributed by atoms with Crippen LogP contribution in [0.25, 0.3) is 0 Å². The van der Waals surface area contributed by atoms with Gasteiger partial charge in [-0.15, -0.1) is 0 Å². The molecule has 1 fully saturated rings. The number of fused-ring (bicyclic) bond motifs is 1. The van der Waals surface area contributed by atoms with Crippen LogP contribution in [0.4, 0.5) is 5.69 Å². The maximum atomic E-state index is 12.9. The minimum absolute atomic E-state index is 0.120. The molecule has 0 radical (unpaired) electrons. The fourth-order valence-corrected chi connectivity index (χ4v) is 3.79. The Morgan fingerprint density at radius 1 is 1.03 bits per heavy atom. The number of nitrogens with zero attached hydrogens (tertiary/aromatic N) is 2. The standard InChI is InChI=1S/C22H21N3O4/c1-24(2)16-6-3-13(4-7-16)20(27)14-5-8-17-15(11-14)12-25(22(17)29)18-9-10-19(26)23-21(18)28/h3-8,11,18H,9-10,12H2,1-2H3,(H,23,26,28). The Balaban J connectivity index is 1.56. The minimum atomic E-state index is -0.662. The van der Waals surface area contributed by atoms with Gasteiger partial charge in [-0.25, -0.2) is 0 Å². The number of hydrogen-bond acceptors (Lipinski definition) is 5. The van der Waals surface area contributed by atoms with Gasteiger partial charge < -0.3 is 9.80 Å². The number of amides is 3. The normalized spacial score (nSPS) is 18.5. The first-order valence-corrected chi connectivity index (χ1v) is 9.45. The van der Waals surface area contributed by atoms with Crippen LogP contribution >= 0.6 is 0 Å². The van der Waals surface area contributed by atoms with Gasteiger partial charge in [0.15, 0.2) is 5.78 Å². The summed E-state index contributed by atoms with van der Waals surface area (Å²) in [5, 5.41) is 2.29. The average molecular weight is 391 g/mol. The average Bonchev–Trinajstić information content (AvgIpc) is 3.03. The number of imide groups is 1. The topological polar surface area (TPSA) is 86.8 Å². The summed E-state index contributed by atoms with van der Waals surface area (Å²) in [7, 11) is 3.87. The SMILES string of the molecule is CN(C)c1ccc(C(=O)c2ccc3c(c2)CN(C2CCC(=O)NC2=O)C3=O)cc1. The predicted molar refractivity (Wildman–Crippen MR) is 107 cm³/mol. The van der Waals surface area contributed by atoms with Crippen molar-refractivity contribution in [3.8, 4) is 0 Å². The number of nitrogens with one attached hydrogen (secondary N) is 1. The van der Waals surface area contributed by atoms with Crippen LogP contribution in [-0.4, -0.2) is 48.5 Å². The highest BCUT2D eigenvalue weighted by Gasteiger charge is 2.39. The third kappa shape index (κ3) is 3.40. The highest BCUT2D eigenvalue weighted by molar-refractivity contribution is 6.10. The van der Waals surface area contributed by atoms with E-state index in [4.69, 9.17) is 0 Å². The molecule has 2 heterocycles. The number of carbonyl (C=O) groups excluding carboxylic acids is 4. The molecule has 0 bridgehead atoms. The molecule has 2 aliphatic rings. The van der Waals surface area contributed by atoms with Crippen LogP contribution in [0.3, 0.4) is 0 Å². The second-order valence-electron chi connectivity index (χ2n) is 7.54. The fourth-order valence-electron chi connectivity index (χ4n) is 3.79. The van der Waals surface area contributed by atoms with E-state index in [-0.39, 0.29) is 30.6 Å². The fraction of sp³-hybridized carbons (Fsp3) is 0.273. The van der Waals surface area contributed by atoms with Crippen molar-refractivity contribution in [3.63, 3.8) is 0 Å². The third-order valence-electron chi connectivity index (χ3n) is 5.43. The summed E-state index contributed by atoms with van der Waals surface area (Å²) in [4.78, 5) is 52.6. The minimum Gasteiger partial charge on any atom is -0.378 e. The van der Waals surface area contributed by atoms with E-state index in [0.29, 0.717) is 23.1 Å². The van der Waals surface area contributed by atoms with E-state index in [2.05, 4.69) is 5.32 Å². The van der Waals surface area contributed by atoms with E-state index in [1.807, 2.05) is 31.1 Å². The van der Waals surface area contributed by atoms with Crippen molar-refractivity contribution >= 4 is 29.2 Å². The summed E-state index contributed by atoms with van der Waals surface area (Å²) >= 11 is 0. The largest absolute Gasteiger partial charge is 0.378 e. The predicted octanol–water partition coefficient (Wildman–Crippen LogP) is 1.74. The zero-order valence-electron chi connectivity index (χ0n) is 16.3. The summed E-state index contributed by atoms with van der Waals surface area (Å²) in [5.41, 5.74) is 3.28. The Kier molecular flexibility index (Phi) is 4.66. The molecule has 7 heteroatoms. The second-order valence-corrected chi connectivity index (χ2v) is 7.54. The van der Waals surface area contributed by atoms with E-state index in [9.17, 15) is 19.2 Å². The molecule has 1 atom stereocenters. The van der Waals surface area contributed by atoms with Crippen LogP contribution in [-0.2, 0) is 16.1 Å². The van der Waals surface area contributed by atoms with E-state index < -0.39 is 11.9 Å². The zero-order chi connectivity index (χ0) is 20.7. The lowest BCUT2D eigenvalue weighted by Crippen LogP contribution is -2.52. The number of anilines is 1. The highest BCUT2D eigenvalue weighted by Crippen LogP contribution is 2.29. The second kappa shape index (κ2) is 7.16. The van der Waals surface area contributed by atoms with Gasteiger partial charge in [-0.1, -0.05) is 6.07 Å². The van der Waals surface area contributed by atoms with E-state index in [1.165, 1.54) is 4.90 Å². The van der Waals surface area contributed by atoms with Gasteiger partial charge in [-0.2, -0.15) is 0 Å². The first kappa shape index (κ1) is 18.9. The molecule has 0 saturated carbocycles. The van der Waals surface area contributed by atoms with Crippen LogP contribution in [0.2, 0.25) is 0 Å². The monoisotopic (exact) mass is 391 g/mol. The molecule has 1 N–H and O–H groups in total. The summed E-state index contributed by atoms with van der Waals surface area (Å²) in [5.74, 6) is -1.13. The van der Waals surface area contributed by atoms with E-state index in [0.717, 1.165) is 11.3 Å². The molecule has 3 amide bonds. The van der Waals surface area contributed by atoms with E-state index >= 15 is 0 Å². The van der Waals surface area contributed by atoms with Gasteiger partial charge in [0.05, 0.1) is 0 Å². The molecule has 148 valence electrons. The van der Waals surface area contributed by atoms with Crippen molar-refractivity contribution in [1.82, 2.24) is 10.2 Å². The molecular formula is C22H21N3O4. The number of rotatable bonds is 4. The van der Waals surface area contributed by atoms with Gasteiger partial charge in [0, 0.05) is 49.4 Å². The van der Waals surface area contributed by atoms with Crippen molar-refractivity contribution in [3.05, 3.63) is 64.7 Å².